The predicted octanol–water partition coefficient (Wildman–Crippen LogP) is 3.81. The van der Waals surface area contributed by atoms with Crippen LogP contribution in [0.1, 0.15) is 61.3 Å². The first-order valence-electron chi connectivity index (χ1n) is 9.97. The van der Waals surface area contributed by atoms with Gasteiger partial charge >= 0.3 is 0 Å². The van der Waals surface area contributed by atoms with Crippen LogP contribution >= 0.6 is 11.8 Å². The molecular formula is C21H43N3O2S. The lowest BCUT2D eigenvalue weighted by Gasteiger charge is -2.19. The summed E-state index contributed by atoms with van der Waals surface area (Å²) in [5.74, 6) is 1.45. The predicted molar refractivity (Wildman–Crippen MR) is 120 cm³/mol. The van der Waals surface area contributed by atoms with Crippen molar-refractivity contribution in [3.8, 4) is 0 Å². The molecule has 0 saturated carbocycles. The minimum absolute atomic E-state index is 0.00242. The number of carbonyl (C=O) groups excluding carboxylic acids is 2. The van der Waals surface area contributed by atoms with Gasteiger partial charge in [0.25, 0.3) is 0 Å². The molecule has 0 spiro atoms. The molecule has 0 aliphatic carbocycles. The van der Waals surface area contributed by atoms with Crippen LogP contribution in [-0.4, -0.2) is 43.7 Å². The molecule has 0 aromatic rings. The summed E-state index contributed by atoms with van der Waals surface area (Å²) >= 11 is 1.61. The van der Waals surface area contributed by atoms with E-state index in [0.29, 0.717) is 11.8 Å². The number of rotatable bonds is 11. The molecular weight excluding hydrogens is 358 g/mol. The molecule has 0 aromatic carbocycles. The summed E-state index contributed by atoms with van der Waals surface area (Å²) in [4.78, 5) is 24.1. The molecule has 2 unspecified atom stereocenters. The van der Waals surface area contributed by atoms with E-state index in [9.17, 15) is 9.59 Å². The average molecular weight is 402 g/mol. The van der Waals surface area contributed by atoms with Crippen LogP contribution < -0.4 is 16.0 Å². The first-order chi connectivity index (χ1) is 12.5. The zero-order valence-electron chi connectivity index (χ0n) is 18.9. The van der Waals surface area contributed by atoms with E-state index in [1.54, 1.807) is 18.8 Å². The summed E-state index contributed by atoms with van der Waals surface area (Å²) in [6.07, 6.45) is 5.61. The monoisotopic (exact) mass is 401 g/mol. The fourth-order valence-electron chi connectivity index (χ4n) is 2.24. The third kappa shape index (κ3) is 19.6. The van der Waals surface area contributed by atoms with Crippen LogP contribution in [0.3, 0.4) is 0 Å². The lowest BCUT2D eigenvalue weighted by atomic mass is 10.0. The van der Waals surface area contributed by atoms with E-state index >= 15 is 0 Å². The molecule has 27 heavy (non-hydrogen) atoms. The average Bonchev–Trinajstić information content (AvgIpc) is 2.54. The van der Waals surface area contributed by atoms with E-state index in [2.05, 4.69) is 64.4 Å². The molecule has 0 saturated heterocycles. The van der Waals surface area contributed by atoms with Gasteiger partial charge < -0.3 is 16.0 Å². The molecule has 160 valence electrons. The Morgan fingerprint density at radius 1 is 0.963 bits per heavy atom. The Morgan fingerprint density at radius 3 is 1.89 bits per heavy atom. The highest BCUT2D eigenvalue weighted by atomic mass is 32.2. The standard InChI is InChI=1S/C17H33N3O2S.C4H10/c1-12(2)9-14(7-8-23-6)20-16(21)11-19-17(22)15(18-5)10-13(3)4;1-4(2)3/h7-8,12-15,18H,9-11H2,1-6H3,(H,19,22)(H,20,21);4H,1-3H3/b8-7+;. The molecule has 0 radical (unpaired) electrons. The number of likely N-dealkylation sites (N-methyl/N-ethyl adjacent to an activating group) is 1. The van der Waals surface area contributed by atoms with E-state index in [0.717, 1.165) is 18.8 Å². The van der Waals surface area contributed by atoms with Crippen LogP contribution in [0.4, 0.5) is 0 Å². The minimum Gasteiger partial charge on any atom is -0.348 e. The summed E-state index contributed by atoms with van der Waals surface area (Å²) in [7, 11) is 1.76. The van der Waals surface area contributed by atoms with Crippen molar-refractivity contribution in [3.63, 3.8) is 0 Å². The molecule has 0 aliphatic heterocycles. The first kappa shape index (κ1) is 28.2. The summed E-state index contributed by atoms with van der Waals surface area (Å²) in [6, 6.07) is -0.256. The van der Waals surface area contributed by atoms with Crippen molar-refractivity contribution in [1.29, 1.82) is 0 Å². The van der Waals surface area contributed by atoms with Gasteiger partial charge in [0.15, 0.2) is 0 Å². The van der Waals surface area contributed by atoms with Crippen molar-refractivity contribution in [2.24, 2.45) is 17.8 Å². The van der Waals surface area contributed by atoms with Crippen LogP contribution in [-0.2, 0) is 9.59 Å². The van der Waals surface area contributed by atoms with Gasteiger partial charge in [-0.05, 0) is 49.3 Å². The molecule has 0 rings (SSSR count). The topological polar surface area (TPSA) is 70.2 Å². The number of thioether (sulfide) groups is 1. The van der Waals surface area contributed by atoms with Crippen molar-refractivity contribution in [3.05, 3.63) is 11.5 Å². The summed E-state index contributed by atoms with van der Waals surface area (Å²) in [5, 5.41) is 10.6. The number of hydrogen-bond acceptors (Lipinski definition) is 4. The third-order valence-electron chi connectivity index (χ3n) is 3.31. The number of hydrogen-bond donors (Lipinski definition) is 3. The Kier molecular flexibility index (Phi) is 17.9. The molecule has 0 heterocycles. The molecule has 6 heteroatoms. The van der Waals surface area contributed by atoms with Crippen LogP contribution in [0.25, 0.3) is 0 Å². The zero-order valence-corrected chi connectivity index (χ0v) is 19.7. The maximum absolute atomic E-state index is 12.1. The van der Waals surface area contributed by atoms with Gasteiger partial charge in [0, 0.05) is 6.04 Å². The molecule has 0 bridgehead atoms. The molecule has 2 atom stereocenters. The van der Waals surface area contributed by atoms with Gasteiger partial charge in [0.2, 0.25) is 11.8 Å². The Morgan fingerprint density at radius 2 is 1.48 bits per heavy atom. The van der Waals surface area contributed by atoms with Gasteiger partial charge in [-0.3, -0.25) is 9.59 Å². The molecule has 0 fully saturated rings. The molecule has 3 N–H and O–H groups in total. The highest BCUT2D eigenvalue weighted by Crippen LogP contribution is 2.08. The largest absolute Gasteiger partial charge is 0.348 e. The summed E-state index contributed by atoms with van der Waals surface area (Å²) in [5.41, 5.74) is 0. The Balaban J connectivity index is 0. The van der Waals surface area contributed by atoms with Crippen molar-refractivity contribution in [2.45, 2.75) is 73.4 Å². The fourth-order valence-corrected chi connectivity index (χ4v) is 2.59. The lowest BCUT2D eigenvalue weighted by molar-refractivity contribution is -0.127. The van der Waals surface area contributed by atoms with E-state index in [1.165, 1.54) is 0 Å². The van der Waals surface area contributed by atoms with E-state index in [4.69, 9.17) is 0 Å². The van der Waals surface area contributed by atoms with Gasteiger partial charge in [-0.2, -0.15) is 0 Å². The quantitative estimate of drug-likeness (QED) is 0.492. The fraction of sp³-hybridized carbons (Fsp3) is 0.810. The Bertz CT molecular complexity index is 421. The minimum atomic E-state index is -0.259. The number of carbonyl (C=O) groups is 2. The Labute approximate surface area is 171 Å². The first-order valence-corrected chi connectivity index (χ1v) is 11.3. The molecule has 2 amide bonds. The normalized spacial score (nSPS) is 13.5. The van der Waals surface area contributed by atoms with E-state index in [-0.39, 0.29) is 30.4 Å². The second-order valence-corrected chi connectivity index (χ2v) is 9.03. The van der Waals surface area contributed by atoms with E-state index < -0.39 is 0 Å². The molecule has 5 nitrogen and oxygen atoms in total. The van der Waals surface area contributed by atoms with Crippen LogP contribution in [0.5, 0.6) is 0 Å². The molecule has 0 aliphatic rings. The van der Waals surface area contributed by atoms with Crippen LogP contribution in [0.2, 0.25) is 0 Å². The maximum atomic E-state index is 12.1. The second-order valence-electron chi connectivity index (χ2n) is 8.29. The smallest absolute Gasteiger partial charge is 0.239 e. The SMILES string of the molecule is CC(C)C.CNC(CC(C)C)C(=O)NCC(=O)NC(/C=C/SC)CC(C)C. The Hall–Kier alpha value is -1.01. The second kappa shape index (κ2) is 17.1. The van der Waals surface area contributed by atoms with Crippen molar-refractivity contribution in [1.82, 2.24) is 16.0 Å². The van der Waals surface area contributed by atoms with Gasteiger partial charge in [0.05, 0.1) is 12.6 Å². The zero-order chi connectivity index (χ0) is 21.4. The van der Waals surface area contributed by atoms with Crippen LogP contribution in [0, 0.1) is 17.8 Å². The maximum Gasteiger partial charge on any atom is 0.239 e. The van der Waals surface area contributed by atoms with Crippen molar-refractivity contribution >= 4 is 23.6 Å². The molecule has 0 aromatic heterocycles. The van der Waals surface area contributed by atoms with E-state index in [1.807, 2.05) is 17.7 Å². The lowest BCUT2D eigenvalue weighted by Crippen LogP contribution is -2.48. The van der Waals surface area contributed by atoms with Gasteiger partial charge in [0.1, 0.15) is 0 Å². The van der Waals surface area contributed by atoms with Crippen LogP contribution in [0.15, 0.2) is 11.5 Å². The summed E-state index contributed by atoms with van der Waals surface area (Å²) < 4.78 is 0. The van der Waals surface area contributed by atoms with Gasteiger partial charge in [-0.1, -0.05) is 54.5 Å². The van der Waals surface area contributed by atoms with Gasteiger partial charge in [-0.15, -0.1) is 11.8 Å². The van der Waals surface area contributed by atoms with Crippen molar-refractivity contribution < 1.29 is 9.59 Å². The van der Waals surface area contributed by atoms with Crippen molar-refractivity contribution in [2.75, 3.05) is 19.8 Å². The highest BCUT2D eigenvalue weighted by Gasteiger charge is 2.18. The number of amides is 2. The van der Waals surface area contributed by atoms with Gasteiger partial charge in [-0.25, -0.2) is 0 Å². The number of nitrogens with one attached hydrogen (secondary N) is 3. The highest BCUT2D eigenvalue weighted by molar-refractivity contribution is 8.01. The third-order valence-corrected chi connectivity index (χ3v) is 3.74. The summed E-state index contributed by atoms with van der Waals surface area (Å²) in [6.45, 7) is 14.9.